The Bertz CT molecular complexity index is 468. The van der Waals surface area contributed by atoms with Gasteiger partial charge < -0.3 is 4.74 Å². The Morgan fingerprint density at radius 1 is 1.76 bits per heavy atom. The fourth-order valence-corrected chi connectivity index (χ4v) is 2.17. The van der Waals surface area contributed by atoms with E-state index < -0.39 is 11.5 Å². The van der Waals surface area contributed by atoms with Crippen LogP contribution < -0.4 is 5.69 Å². The first kappa shape index (κ1) is 12.2. The Kier molecular flexibility index (Phi) is 3.51. The molecular weight excluding hydrogens is 249 g/mol. The molecule has 8 heteroatoms. The van der Waals surface area contributed by atoms with Crippen LogP contribution in [0.5, 0.6) is 0 Å². The molecule has 0 aliphatic heterocycles. The monoisotopic (exact) mass is 261 g/mol. The number of aromatic amines is 1. The number of alkyl halides is 1. The van der Waals surface area contributed by atoms with Crippen LogP contribution in [-0.4, -0.2) is 32.8 Å². The molecule has 0 aromatic carbocycles. The van der Waals surface area contributed by atoms with Crippen LogP contribution in [-0.2, 0) is 9.53 Å². The minimum Gasteiger partial charge on any atom is -0.463 e. The van der Waals surface area contributed by atoms with Crippen molar-refractivity contribution in [3.8, 4) is 0 Å². The number of halogens is 1. The Labute approximate surface area is 101 Å². The quantitative estimate of drug-likeness (QED) is 0.628. The summed E-state index contributed by atoms with van der Waals surface area (Å²) in [7, 11) is 0. The third kappa shape index (κ3) is 2.68. The zero-order valence-corrected chi connectivity index (χ0v) is 10.00. The van der Waals surface area contributed by atoms with Crippen LogP contribution in [0.15, 0.2) is 9.95 Å². The molecule has 1 aliphatic rings. The fraction of sp³-hybridized carbons (Fsp3) is 0.667. The maximum Gasteiger partial charge on any atom is 0.351 e. The van der Waals surface area contributed by atoms with E-state index in [9.17, 15) is 14.0 Å². The van der Waals surface area contributed by atoms with Gasteiger partial charge in [-0.05, 0) is 31.5 Å². The van der Waals surface area contributed by atoms with Crippen molar-refractivity contribution in [1.82, 2.24) is 14.8 Å². The molecule has 1 heterocycles. The number of esters is 1. The van der Waals surface area contributed by atoms with Crippen LogP contribution in [0.1, 0.15) is 25.8 Å². The number of ether oxygens (including phenoxy) is 1. The summed E-state index contributed by atoms with van der Waals surface area (Å²) < 4.78 is 19.4. The van der Waals surface area contributed by atoms with Crippen LogP contribution in [0, 0.1) is 0 Å². The van der Waals surface area contributed by atoms with Gasteiger partial charge in [0.15, 0.2) is 5.16 Å². The summed E-state index contributed by atoms with van der Waals surface area (Å²) in [5, 5.41) is 6.15. The van der Waals surface area contributed by atoms with Gasteiger partial charge in [0.2, 0.25) is 5.50 Å². The lowest BCUT2D eigenvalue weighted by atomic mass is 10.7. The predicted octanol–water partition coefficient (Wildman–Crippen LogP) is 0.857. The maximum atomic E-state index is 13.5. The van der Waals surface area contributed by atoms with Gasteiger partial charge in [-0.1, -0.05) is 0 Å². The summed E-state index contributed by atoms with van der Waals surface area (Å²) in [5.41, 5.74) is -2.23. The number of thioether (sulfide) groups is 1. The lowest BCUT2D eigenvalue weighted by molar-refractivity contribution is -0.145. The Morgan fingerprint density at radius 3 is 3.06 bits per heavy atom. The smallest absolute Gasteiger partial charge is 0.351 e. The summed E-state index contributed by atoms with van der Waals surface area (Å²) >= 11 is 0.587. The average Bonchev–Trinajstić information content (AvgIpc) is 3.05. The first-order valence-electron chi connectivity index (χ1n) is 5.27. The highest BCUT2D eigenvalue weighted by Crippen LogP contribution is 2.37. The second-order valence-electron chi connectivity index (χ2n) is 3.60. The van der Waals surface area contributed by atoms with E-state index in [2.05, 4.69) is 14.9 Å². The number of H-pyrrole nitrogens is 1. The molecule has 0 amide bonds. The molecule has 17 heavy (non-hydrogen) atoms. The largest absolute Gasteiger partial charge is 0.463 e. The Balaban J connectivity index is 2.08. The molecule has 1 fully saturated rings. The van der Waals surface area contributed by atoms with Crippen molar-refractivity contribution in [1.29, 1.82) is 0 Å². The van der Waals surface area contributed by atoms with Crippen molar-refractivity contribution in [2.75, 3.05) is 6.61 Å². The molecular formula is C9H12FN3O3S. The molecule has 2 rings (SSSR count). The summed E-state index contributed by atoms with van der Waals surface area (Å²) in [6, 6.07) is 0.0816. The van der Waals surface area contributed by atoms with Crippen molar-refractivity contribution in [3.05, 3.63) is 10.5 Å². The van der Waals surface area contributed by atoms with Crippen LogP contribution in [0.4, 0.5) is 4.39 Å². The van der Waals surface area contributed by atoms with Gasteiger partial charge in [-0.3, -0.25) is 4.57 Å². The van der Waals surface area contributed by atoms with Crippen molar-refractivity contribution >= 4 is 17.7 Å². The van der Waals surface area contributed by atoms with E-state index in [1.807, 2.05) is 0 Å². The third-order valence-electron chi connectivity index (χ3n) is 2.26. The highest BCUT2D eigenvalue weighted by molar-refractivity contribution is 8.00. The topological polar surface area (TPSA) is 77.0 Å². The number of carbonyl (C=O) groups excluding carboxylic acids is 1. The van der Waals surface area contributed by atoms with Crippen molar-refractivity contribution < 1.29 is 13.9 Å². The minimum absolute atomic E-state index is 0.0816. The predicted molar refractivity (Wildman–Crippen MR) is 58.5 cm³/mol. The molecule has 1 aromatic rings. The van der Waals surface area contributed by atoms with Crippen LogP contribution >= 0.6 is 11.8 Å². The zero-order chi connectivity index (χ0) is 12.4. The molecule has 0 bridgehead atoms. The minimum atomic E-state index is -1.86. The normalized spacial score (nSPS) is 16.8. The van der Waals surface area contributed by atoms with Gasteiger partial charge in [-0.2, -0.15) is 0 Å². The van der Waals surface area contributed by atoms with Crippen molar-refractivity contribution in [2.24, 2.45) is 0 Å². The van der Waals surface area contributed by atoms with E-state index in [1.54, 1.807) is 6.92 Å². The highest BCUT2D eigenvalue weighted by Gasteiger charge is 2.31. The molecule has 0 saturated heterocycles. The number of aromatic nitrogens is 3. The number of nitrogens with one attached hydrogen (secondary N) is 1. The van der Waals surface area contributed by atoms with Gasteiger partial charge in [-0.15, -0.1) is 5.10 Å². The van der Waals surface area contributed by atoms with Gasteiger partial charge >= 0.3 is 11.7 Å². The lowest BCUT2D eigenvalue weighted by Gasteiger charge is -2.07. The van der Waals surface area contributed by atoms with Gasteiger partial charge in [-0.25, -0.2) is 19.1 Å². The number of nitrogens with zero attached hydrogens (tertiary/aromatic N) is 2. The van der Waals surface area contributed by atoms with Gasteiger partial charge in [0.05, 0.1) is 6.61 Å². The second kappa shape index (κ2) is 4.91. The standard InChI is InChI=1S/C9H12FN3O3S/c1-2-16-7(14)6(10)17-9-12-11-8(15)13(9)5-3-4-5/h5-6H,2-4H2,1H3,(H,11,15). The van der Waals surface area contributed by atoms with Gasteiger partial charge in [0, 0.05) is 6.04 Å². The molecule has 1 atom stereocenters. The van der Waals surface area contributed by atoms with Crippen LogP contribution in [0.25, 0.3) is 0 Å². The van der Waals surface area contributed by atoms with E-state index in [0.29, 0.717) is 11.8 Å². The van der Waals surface area contributed by atoms with E-state index in [-0.39, 0.29) is 23.5 Å². The summed E-state index contributed by atoms with van der Waals surface area (Å²) in [4.78, 5) is 22.5. The number of carbonyl (C=O) groups is 1. The first-order valence-corrected chi connectivity index (χ1v) is 6.15. The molecule has 1 aromatic heterocycles. The number of rotatable bonds is 5. The van der Waals surface area contributed by atoms with Crippen LogP contribution in [0.3, 0.4) is 0 Å². The Morgan fingerprint density at radius 2 is 2.47 bits per heavy atom. The van der Waals surface area contributed by atoms with E-state index in [1.165, 1.54) is 4.57 Å². The van der Waals surface area contributed by atoms with E-state index in [0.717, 1.165) is 12.8 Å². The summed E-state index contributed by atoms with van der Waals surface area (Å²) in [6.07, 6.45) is 1.76. The van der Waals surface area contributed by atoms with Gasteiger partial charge in [0.25, 0.3) is 0 Å². The van der Waals surface area contributed by atoms with E-state index in [4.69, 9.17) is 0 Å². The number of hydrogen-bond acceptors (Lipinski definition) is 5. The summed E-state index contributed by atoms with van der Waals surface area (Å²) in [6.45, 7) is 1.72. The SMILES string of the molecule is CCOC(=O)C(F)Sc1n[nH]c(=O)n1C1CC1. The molecule has 1 saturated carbocycles. The summed E-state index contributed by atoms with van der Waals surface area (Å²) in [5.74, 6) is -0.949. The highest BCUT2D eigenvalue weighted by atomic mass is 32.2. The van der Waals surface area contributed by atoms with E-state index >= 15 is 0 Å². The van der Waals surface area contributed by atoms with Crippen LogP contribution in [0.2, 0.25) is 0 Å². The Hall–Kier alpha value is -1.31. The third-order valence-corrected chi connectivity index (χ3v) is 3.16. The molecule has 6 nitrogen and oxygen atoms in total. The van der Waals surface area contributed by atoms with Crippen molar-refractivity contribution in [2.45, 2.75) is 36.5 Å². The van der Waals surface area contributed by atoms with Gasteiger partial charge in [0.1, 0.15) is 0 Å². The average molecular weight is 261 g/mol. The molecule has 94 valence electrons. The first-order chi connectivity index (χ1) is 8.13. The molecule has 1 aliphatic carbocycles. The van der Waals surface area contributed by atoms with Crippen molar-refractivity contribution in [3.63, 3.8) is 0 Å². The molecule has 1 N–H and O–H groups in total. The lowest BCUT2D eigenvalue weighted by Crippen LogP contribution is -2.19. The molecule has 1 unspecified atom stereocenters. The maximum absolute atomic E-state index is 13.5. The fourth-order valence-electron chi connectivity index (χ4n) is 1.38. The number of hydrogen-bond donors (Lipinski definition) is 1. The second-order valence-corrected chi connectivity index (χ2v) is 4.61. The molecule has 0 radical (unpaired) electrons. The molecule has 0 spiro atoms. The zero-order valence-electron chi connectivity index (χ0n) is 9.18.